The van der Waals surface area contributed by atoms with E-state index in [0.717, 1.165) is 18.7 Å². The molecule has 16 heavy (non-hydrogen) atoms. The average Bonchev–Trinajstić information content (AvgIpc) is 2.77. The van der Waals surface area contributed by atoms with Gasteiger partial charge in [-0.05, 0) is 16.8 Å². The summed E-state index contributed by atoms with van der Waals surface area (Å²) < 4.78 is 1.62. The van der Waals surface area contributed by atoms with Crippen molar-refractivity contribution in [2.75, 3.05) is 11.9 Å². The standard InChI is InChI=1S/C9H15N7/c1-2-3-7(4-10)12-8-5-11-6-9-13-14-15-16(8)9/h5-7,12H,2-4,10H2,1H3. The zero-order chi connectivity index (χ0) is 11.4. The van der Waals surface area contributed by atoms with Crippen molar-refractivity contribution in [2.45, 2.75) is 25.8 Å². The second-order valence-corrected chi connectivity index (χ2v) is 3.61. The molecular weight excluding hydrogens is 206 g/mol. The van der Waals surface area contributed by atoms with Crippen molar-refractivity contribution in [1.29, 1.82) is 0 Å². The van der Waals surface area contributed by atoms with Gasteiger partial charge in [0.25, 0.3) is 0 Å². The SMILES string of the molecule is CCCC(CN)Nc1cncc2nnnn12. The fourth-order valence-corrected chi connectivity index (χ4v) is 1.58. The Hall–Kier alpha value is -1.76. The van der Waals surface area contributed by atoms with Crippen LogP contribution >= 0.6 is 0 Å². The van der Waals surface area contributed by atoms with Crippen LogP contribution in [-0.4, -0.2) is 37.6 Å². The Morgan fingerprint density at radius 2 is 2.38 bits per heavy atom. The van der Waals surface area contributed by atoms with Crippen LogP contribution in [0.4, 0.5) is 5.82 Å². The predicted molar refractivity (Wildman–Crippen MR) is 60.0 cm³/mol. The highest BCUT2D eigenvalue weighted by molar-refractivity contribution is 5.44. The van der Waals surface area contributed by atoms with Crippen LogP contribution < -0.4 is 11.1 Å². The molecule has 0 saturated carbocycles. The van der Waals surface area contributed by atoms with Gasteiger partial charge in [0.2, 0.25) is 0 Å². The van der Waals surface area contributed by atoms with Crippen LogP contribution in [0.15, 0.2) is 12.4 Å². The summed E-state index contributed by atoms with van der Waals surface area (Å²) in [5.74, 6) is 0.770. The van der Waals surface area contributed by atoms with Crippen LogP contribution in [0.3, 0.4) is 0 Å². The lowest BCUT2D eigenvalue weighted by Gasteiger charge is -2.16. The first-order valence-electron chi connectivity index (χ1n) is 5.34. The first-order chi connectivity index (χ1) is 7.85. The number of rotatable bonds is 5. The molecule has 0 saturated heterocycles. The number of nitrogens with two attached hydrogens (primary N) is 1. The second kappa shape index (κ2) is 4.84. The van der Waals surface area contributed by atoms with Gasteiger partial charge < -0.3 is 11.1 Å². The van der Waals surface area contributed by atoms with Crippen molar-refractivity contribution in [3.8, 4) is 0 Å². The lowest BCUT2D eigenvalue weighted by atomic mass is 10.2. The molecule has 0 aliphatic rings. The largest absolute Gasteiger partial charge is 0.365 e. The summed E-state index contributed by atoms with van der Waals surface area (Å²) in [4.78, 5) is 4.07. The number of anilines is 1. The van der Waals surface area contributed by atoms with E-state index in [2.05, 4.69) is 32.7 Å². The van der Waals surface area contributed by atoms with E-state index in [0.29, 0.717) is 12.2 Å². The van der Waals surface area contributed by atoms with Crippen LogP contribution in [-0.2, 0) is 0 Å². The summed E-state index contributed by atoms with van der Waals surface area (Å²) in [5.41, 5.74) is 6.30. The van der Waals surface area contributed by atoms with Gasteiger partial charge in [-0.25, -0.2) is 0 Å². The molecule has 0 aromatic carbocycles. The Morgan fingerprint density at radius 1 is 1.50 bits per heavy atom. The van der Waals surface area contributed by atoms with E-state index < -0.39 is 0 Å². The van der Waals surface area contributed by atoms with Gasteiger partial charge in [-0.1, -0.05) is 13.3 Å². The molecule has 2 aromatic heterocycles. The zero-order valence-corrected chi connectivity index (χ0v) is 9.17. The molecule has 0 bridgehead atoms. The quantitative estimate of drug-likeness (QED) is 0.741. The first kappa shape index (κ1) is 10.7. The molecule has 2 heterocycles. The summed E-state index contributed by atoms with van der Waals surface area (Å²) in [5, 5.41) is 14.6. The molecule has 0 aliphatic heterocycles. The molecule has 1 atom stereocenters. The molecule has 0 spiro atoms. The van der Waals surface area contributed by atoms with E-state index in [9.17, 15) is 0 Å². The monoisotopic (exact) mass is 221 g/mol. The molecule has 0 aliphatic carbocycles. The minimum atomic E-state index is 0.224. The second-order valence-electron chi connectivity index (χ2n) is 3.61. The molecular formula is C9H15N7. The minimum absolute atomic E-state index is 0.224. The summed E-state index contributed by atoms with van der Waals surface area (Å²) in [6, 6.07) is 0.224. The molecule has 3 N–H and O–H groups in total. The maximum atomic E-state index is 5.68. The molecule has 1 unspecified atom stereocenters. The molecule has 2 rings (SSSR count). The third kappa shape index (κ3) is 2.08. The number of hydrogen-bond donors (Lipinski definition) is 2. The number of aromatic nitrogens is 5. The number of tetrazole rings is 1. The highest BCUT2D eigenvalue weighted by Gasteiger charge is 2.09. The fraction of sp³-hybridized carbons (Fsp3) is 0.556. The van der Waals surface area contributed by atoms with Gasteiger partial charge in [0.15, 0.2) is 11.5 Å². The van der Waals surface area contributed by atoms with Crippen LogP contribution in [0.5, 0.6) is 0 Å². The molecule has 0 radical (unpaired) electrons. The molecule has 7 nitrogen and oxygen atoms in total. The summed E-state index contributed by atoms with van der Waals surface area (Å²) >= 11 is 0. The Bertz CT molecular complexity index is 452. The van der Waals surface area contributed by atoms with E-state index in [1.54, 1.807) is 16.9 Å². The molecule has 0 amide bonds. The Balaban J connectivity index is 2.22. The number of nitrogens with zero attached hydrogens (tertiary/aromatic N) is 5. The highest BCUT2D eigenvalue weighted by atomic mass is 15.5. The van der Waals surface area contributed by atoms with Crippen molar-refractivity contribution in [1.82, 2.24) is 25.0 Å². The Kier molecular flexibility index (Phi) is 3.25. The normalized spacial score (nSPS) is 12.9. The highest BCUT2D eigenvalue weighted by Crippen LogP contribution is 2.09. The van der Waals surface area contributed by atoms with Crippen molar-refractivity contribution >= 4 is 11.5 Å². The van der Waals surface area contributed by atoms with Gasteiger partial charge in [0.1, 0.15) is 0 Å². The summed E-state index contributed by atoms with van der Waals surface area (Å²) in [7, 11) is 0. The maximum absolute atomic E-state index is 5.68. The summed E-state index contributed by atoms with van der Waals surface area (Å²) in [6.45, 7) is 2.70. The van der Waals surface area contributed by atoms with Crippen LogP contribution in [0.1, 0.15) is 19.8 Å². The van der Waals surface area contributed by atoms with Crippen molar-refractivity contribution in [2.24, 2.45) is 5.73 Å². The van der Waals surface area contributed by atoms with Crippen molar-refractivity contribution in [3.63, 3.8) is 0 Å². The van der Waals surface area contributed by atoms with E-state index in [1.807, 2.05) is 0 Å². The van der Waals surface area contributed by atoms with Gasteiger partial charge in [-0.3, -0.25) is 4.98 Å². The van der Waals surface area contributed by atoms with Crippen molar-refractivity contribution in [3.05, 3.63) is 12.4 Å². The average molecular weight is 221 g/mol. The van der Waals surface area contributed by atoms with E-state index in [-0.39, 0.29) is 6.04 Å². The summed E-state index contributed by atoms with van der Waals surface area (Å²) in [6.07, 6.45) is 5.40. The molecule has 0 fully saturated rings. The Morgan fingerprint density at radius 3 is 3.12 bits per heavy atom. The van der Waals surface area contributed by atoms with Crippen LogP contribution in [0.2, 0.25) is 0 Å². The smallest absolute Gasteiger partial charge is 0.199 e. The molecule has 2 aromatic rings. The van der Waals surface area contributed by atoms with Gasteiger partial charge in [-0.15, -0.1) is 5.10 Å². The molecule has 86 valence electrons. The lowest BCUT2D eigenvalue weighted by molar-refractivity contribution is 0.640. The van der Waals surface area contributed by atoms with Crippen LogP contribution in [0.25, 0.3) is 5.65 Å². The maximum Gasteiger partial charge on any atom is 0.199 e. The zero-order valence-electron chi connectivity index (χ0n) is 9.17. The van der Waals surface area contributed by atoms with Gasteiger partial charge in [0, 0.05) is 12.6 Å². The topological polar surface area (TPSA) is 94.0 Å². The number of nitrogens with one attached hydrogen (secondary N) is 1. The van der Waals surface area contributed by atoms with Gasteiger partial charge in [-0.2, -0.15) is 4.52 Å². The van der Waals surface area contributed by atoms with E-state index >= 15 is 0 Å². The van der Waals surface area contributed by atoms with E-state index in [1.165, 1.54) is 0 Å². The number of hydrogen-bond acceptors (Lipinski definition) is 6. The number of fused-ring (bicyclic) bond motifs is 1. The predicted octanol–water partition coefficient (Wildman–Crippen LogP) is 0.0586. The van der Waals surface area contributed by atoms with Gasteiger partial charge >= 0.3 is 0 Å². The fourth-order valence-electron chi connectivity index (χ4n) is 1.58. The lowest BCUT2D eigenvalue weighted by Crippen LogP contribution is -2.29. The van der Waals surface area contributed by atoms with Gasteiger partial charge in [0.05, 0.1) is 12.4 Å². The third-order valence-corrected chi connectivity index (χ3v) is 2.38. The Labute approximate surface area is 93.0 Å². The van der Waals surface area contributed by atoms with Crippen LogP contribution in [0, 0.1) is 0 Å². The third-order valence-electron chi connectivity index (χ3n) is 2.38. The van der Waals surface area contributed by atoms with E-state index in [4.69, 9.17) is 5.73 Å². The minimum Gasteiger partial charge on any atom is -0.365 e. The molecule has 7 heteroatoms. The first-order valence-corrected chi connectivity index (χ1v) is 5.34. The van der Waals surface area contributed by atoms with Crippen molar-refractivity contribution < 1.29 is 0 Å².